The SMILES string of the molecule is CC[C@H](C)N1C(=O)[C@@H]2[C@H]3CCCN3[C@]3(C(=O)Nc4ccc(Br)cc43)[C@@H]2C1=O. The predicted molar refractivity (Wildman–Crippen MR) is 103 cm³/mol. The number of hydrogen-bond acceptors (Lipinski definition) is 4. The van der Waals surface area contributed by atoms with Crippen molar-refractivity contribution in [2.75, 3.05) is 11.9 Å². The minimum Gasteiger partial charge on any atom is -0.324 e. The summed E-state index contributed by atoms with van der Waals surface area (Å²) in [5, 5.41) is 2.99. The molecule has 5 atom stereocenters. The standard InChI is InChI=1S/C20H22BrN3O3/c1-3-10(2)24-17(25)15-14-5-4-8-23(14)20(16(15)18(24)26)12-9-11(21)6-7-13(12)22-19(20)27/h6-7,9-10,14-16H,3-5,8H2,1-2H3,(H,22,27)/t10-,14+,15+,16-,20-/m0/s1. The largest absolute Gasteiger partial charge is 0.324 e. The molecule has 4 aliphatic rings. The molecule has 0 radical (unpaired) electrons. The van der Waals surface area contributed by atoms with Gasteiger partial charge in [0.2, 0.25) is 17.7 Å². The van der Waals surface area contributed by atoms with Gasteiger partial charge in [-0.1, -0.05) is 22.9 Å². The van der Waals surface area contributed by atoms with Crippen molar-refractivity contribution in [1.29, 1.82) is 0 Å². The average molecular weight is 432 g/mol. The number of amides is 3. The van der Waals surface area contributed by atoms with E-state index in [-0.39, 0.29) is 29.8 Å². The molecule has 1 aromatic rings. The van der Waals surface area contributed by atoms with Gasteiger partial charge in [0.05, 0.1) is 11.8 Å². The lowest BCUT2D eigenvalue weighted by atomic mass is 9.75. The number of likely N-dealkylation sites (tertiary alicyclic amines) is 1. The van der Waals surface area contributed by atoms with Crippen molar-refractivity contribution in [2.24, 2.45) is 11.8 Å². The Morgan fingerprint density at radius 1 is 1.30 bits per heavy atom. The summed E-state index contributed by atoms with van der Waals surface area (Å²) in [5.74, 6) is -1.51. The molecule has 0 aliphatic carbocycles. The highest BCUT2D eigenvalue weighted by atomic mass is 79.9. The molecule has 3 saturated heterocycles. The van der Waals surface area contributed by atoms with E-state index in [0.717, 1.165) is 35.1 Å². The second-order valence-corrected chi connectivity index (χ2v) is 9.04. The van der Waals surface area contributed by atoms with Gasteiger partial charge in [-0.05, 0) is 50.9 Å². The molecule has 142 valence electrons. The molecule has 5 rings (SSSR count). The lowest BCUT2D eigenvalue weighted by Crippen LogP contribution is -2.54. The molecule has 6 nitrogen and oxygen atoms in total. The number of fused-ring (bicyclic) bond motifs is 7. The Morgan fingerprint density at radius 2 is 2.07 bits per heavy atom. The maximum Gasteiger partial charge on any atom is 0.250 e. The quantitative estimate of drug-likeness (QED) is 0.730. The Balaban J connectivity index is 1.74. The number of nitrogens with one attached hydrogen (secondary N) is 1. The molecule has 4 heterocycles. The first kappa shape index (κ1) is 17.4. The average Bonchev–Trinajstić information content (AvgIpc) is 3.33. The minimum absolute atomic E-state index is 0.0452. The van der Waals surface area contributed by atoms with E-state index < -0.39 is 17.4 Å². The number of carbonyl (C=O) groups is 3. The number of rotatable bonds is 2. The number of anilines is 1. The summed E-state index contributed by atoms with van der Waals surface area (Å²) in [6.07, 6.45) is 2.51. The topological polar surface area (TPSA) is 69.7 Å². The Kier molecular flexibility index (Phi) is 3.63. The van der Waals surface area contributed by atoms with Gasteiger partial charge in [0, 0.05) is 27.8 Å². The van der Waals surface area contributed by atoms with Crippen molar-refractivity contribution in [1.82, 2.24) is 9.80 Å². The Bertz CT molecular complexity index is 887. The molecule has 0 aromatic heterocycles. The molecule has 4 aliphatic heterocycles. The summed E-state index contributed by atoms with van der Waals surface area (Å²) in [6.45, 7) is 4.63. The fourth-order valence-electron chi connectivity index (χ4n) is 5.81. The molecule has 1 spiro atoms. The van der Waals surface area contributed by atoms with E-state index in [0.29, 0.717) is 6.42 Å². The summed E-state index contributed by atoms with van der Waals surface area (Å²) in [4.78, 5) is 43.8. The van der Waals surface area contributed by atoms with Crippen LogP contribution in [0.1, 0.15) is 38.7 Å². The van der Waals surface area contributed by atoms with Gasteiger partial charge in [-0.25, -0.2) is 0 Å². The summed E-state index contributed by atoms with van der Waals surface area (Å²) in [6, 6.07) is 5.51. The molecule has 27 heavy (non-hydrogen) atoms. The van der Waals surface area contributed by atoms with Crippen molar-refractivity contribution in [2.45, 2.75) is 50.7 Å². The molecule has 0 unspecified atom stereocenters. The van der Waals surface area contributed by atoms with Gasteiger partial charge < -0.3 is 5.32 Å². The minimum atomic E-state index is -1.07. The summed E-state index contributed by atoms with van der Waals surface area (Å²) < 4.78 is 0.867. The van der Waals surface area contributed by atoms with Crippen molar-refractivity contribution in [3.05, 3.63) is 28.2 Å². The van der Waals surface area contributed by atoms with Gasteiger partial charge in [0.25, 0.3) is 0 Å². The van der Waals surface area contributed by atoms with E-state index in [4.69, 9.17) is 0 Å². The fourth-order valence-corrected chi connectivity index (χ4v) is 6.18. The monoisotopic (exact) mass is 431 g/mol. The summed E-state index contributed by atoms with van der Waals surface area (Å²) in [7, 11) is 0. The second kappa shape index (κ2) is 5.64. The fraction of sp³-hybridized carbons (Fsp3) is 0.550. The zero-order valence-electron chi connectivity index (χ0n) is 15.4. The van der Waals surface area contributed by atoms with Crippen LogP contribution < -0.4 is 5.32 Å². The highest BCUT2D eigenvalue weighted by Gasteiger charge is 2.74. The first-order valence-electron chi connectivity index (χ1n) is 9.68. The molecule has 0 bridgehead atoms. The molecular weight excluding hydrogens is 410 g/mol. The zero-order chi connectivity index (χ0) is 19.1. The molecule has 1 aromatic carbocycles. The van der Waals surface area contributed by atoms with Crippen LogP contribution in [0.2, 0.25) is 0 Å². The van der Waals surface area contributed by atoms with Crippen molar-refractivity contribution in [3.8, 4) is 0 Å². The van der Waals surface area contributed by atoms with Gasteiger partial charge in [-0.3, -0.25) is 24.2 Å². The van der Waals surface area contributed by atoms with Gasteiger partial charge in [0.1, 0.15) is 5.54 Å². The number of nitrogens with zero attached hydrogens (tertiary/aromatic N) is 2. The lowest BCUT2D eigenvalue weighted by molar-refractivity contribution is -0.147. The number of benzene rings is 1. The third-order valence-corrected chi connectivity index (χ3v) is 7.51. The van der Waals surface area contributed by atoms with E-state index in [2.05, 4.69) is 26.1 Å². The second-order valence-electron chi connectivity index (χ2n) is 8.12. The summed E-state index contributed by atoms with van der Waals surface area (Å²) >= 11 is 3.51. The Hall–Kier alpha value is -1.73. The Morgan fingerprint density at radius 3 is 2.81 bits per heavy atom. The van der Waals surface area contributed by atoms with Crippen LogP contribution in [0.25, 0.3) is 0 Å². The van der Waals surface area contributed by atoms with E-state index in [1.165, 1.54) is 4.90 Å². The highest BCUT2D eigenvalue weighted by molar-refractivity contribution is 9.10. The van der Waals surface area contributed by atoms with Crippen molar-refractivity contribution < 1.29 is 14.4 Å². The number of carbonyl (C=O) groups excluding carboxylic acids is 3. The van der Waals surface area contributed by atoms with Gasteiger partial charge >= 0.3 is 0 Å². The molecule has 3 amide bonds. The lowest BCUT2D eigenvalue weighted by Gasteiger charge is -2.37. The van der Waals surface area contributed by atoms with Crippen molar-refractivity contribution in [3.63, 3.8) is 0 Å². The first-order valence-corrected chi connectivity index (χ1v) is 10.5. The van der Waals surface area contributed by atoms with Crippen LogP contribution in [0.4, 0.5) is 5.69 Å². The maximum atomic E-state index is 13.5. The van der Waals surface area contributed by atoms with Crippen molar-refractivity contribution >= 4 is 39.3 Å². The van der Waals surface area contributed by atoms with Crippen LogP contribution in [0.3, 0.4) is 0 Å². The van der Waals surface area contributed by atoms with E-state index in [9.17, 15) is 14.4 Å². The van der Waals surface area contributed by atoms with Crippen LogP contribution in [-0.4, -0.2) is 46.1 Å². The van der Waals surface area contributed by atoms with Gasteiger partial charge in [-0.2, -0.15) is 0 Å². The van der Waals surface area contributed by atoms with Crippen LogP contribution in [0.5, 0.6) is 0 Å². The molecule has 7 heteroatoms. The Labute approximate surface area is 166 Å². The molecular formula is C20H22BrN3O3. The predicted octanol–water partition coefficient (Wildman–Crippen LogP) is 2.47. The van der Waals surface area contributed by atoms with Crippen LogP contribution in [-0.2, 0) is 19.9 Å². The normalized spacial score (nSPS) is 35.6. The third-order valence-electron chi connectivity index (χ3n) is 7.02. The van der Waals surface area contributed by atoms with Crippen LogP contribution in [0, 0.1) is 11.8 Å². The summed E-state index contributed by atoms with van der Waals surface area (Å²) in [5.41, 5.74) is 0.505. The van der Waals surface area contributed by atoms with E-state index in [1.807, 2.05) is 32.0 Å². The number of hydrogen-bond donors (Lipinski definition) is 1. The third kappa shape index (κ3) is 1.92. The van der Waals surface area contributed by atoms with Crippen LogP contribution in [0.15, 0.2) is 22.7 Å². The van der Waals surface area contributed by atoms with Crippen LogP contribution >= 0.6 is 15.9 Å². The maximum absolute atomic E-state index is 13.5. The molecule has 0 saturated carbocycles. The van der Waals surface area contributed by atoms with Gasteiger partial charge in [-0.15, -0.1) is 0 Å². The van der Waals surface area contributed by atoms with E-state index >= 15 is 0 Å². The zero-order valence-corrected chi connectivity index (χ0v) is 17.0. The smallest absolute Gasteiger partial charge is 0.250 e. The first-order chi connectivity index (χ1) is 12.9. The number of imide groups is 1. The highest BCUT2D eigenvalue weighted by Crippen LogP contribution is 2.60. The molecule has 3 fully saturated rings. The number of halogens is 1. The van der Waals surface area contributed by atoms with E-state index in [1.54, 1.807) is 0 Å². The van der Waals surface area contributed by atoms with Gasteiger partial charge in [0.15, 0.2) is 0 Å². The molecule has 1 N–H and O–H groups in total.